The predicted octanol–water partition coefficient (Wildman–Crippen LogP) is 3.19. The van der Waals surface area contributed by atoms with Crippen LogP contribution in [-0.4, -0.2) is 52.2 Å². The second-order valence-electron chi connectivity index (χ2n) is 6.66. The van der Waals surface area contributed by atoms with E-state index in [1.165, 1.54) is 0 Å². The summed E-state index contributed by atoms with van der Waals surface area (Å²) in [6.45, 7) is 2.89. The maximum Gasteiger partial charge on any atom is 0.227 e. The van der Waals surface area contributed by atoms with Crippen molar-refractivity contribution in [3.8, 4) is 11.4 Å². The number of nitrogens with zero attached hydrogens (tertiary/aromatic N) is 5. The van der Waals surface area contributed by atoms with Crippen molar-refractivity contribution in [2.75, 3.05) is 31.1 Å². The van der Waals surface area contributed by atoms with E-state index in [9.17, 15) is 4.79 Å². The minimum absolute atomic E-state index is 0.165. The number of carbonyl (C=O) groups excluding carboxylic acids is 1. The van der Waals surface area contributed by atoms with Crippen molar-refractivity contribution in [2.45, 2.75) is 6.42 Å². The number of hydrogen-bond acceptors (Lipinski definition) is 5. The summed E-state index contributed by atoms with van der Waals surface area (Å²) in [7, 11) is 0. The Morgan fingerprint density at radius 2 is 1.68 bits per heavy atom. The molecule has 1 amide bonds. The van der Waals surface area contributed by atoms with E-state index in [4.69, 9.17) is 0 Å². The molecule has 0 saturated carbocycles. The molecule has 1 saturated heterocycles. The van der Waals surface area contributed by atoms with Gasteiger partial charge in [0.2, 0.25) is 5.91 Å². The molecular weight excluding hydrogens is 418 g/mol. The van der Waals surface area contributed by atoms with Crippen LogP contribution in [0.15, 0.2) is 65.3 Å². The van der Waals surface area contributed by atoms with Crippen LogP contribution in [0.2, 0.25) is 0 Å². The average molecular weight is 438 g/mol. The minimum atomic E-state index is 0.165. The highest BCUT2D eigenvalue weighted by Gasteiger charge is 2.22. The summed E-state index contributed by atoms with van der Waals surface area (Å²) in [5.41, 5.74) is 2.60. The number of hydrogen-bond donors (Lipinski definition) is 0. The summed E-state index contributed by atoms with van der Waals surface area (Å²) in [6.07, 6.45) is 2.18. The van der Waals surface area contributed by atoms with Crippen LogP contribution < -0.4 is 4.90 Å². The van der Waals surface area contributed by atoms with Crippen LogP contribution in [0.4, 0.5) is 5.82 Å². The first-order valence-electron chi connectivity index (χ1n) is 9.21. The minimum Gasteiger partial charge on any atom is -0.352 e. The van der Waals surface area contributed by atoms with Crippen molar-refractivity contribution < 1.29 is 4.79 Å². The molecule has 7 heteroatoms. The lowest BCUT2D eigenvalue weighted by molar-refractivity contribution is -0.130. The fourth-order valence-corrected chi connectivity index (χ4v) is 3.48. The molecule has 1 fully saturated rings. The molecule has 0 atom stereocenters. The number of rotatable bonds is 4. The summed E-state index contributed by atoms with van der Waals surface area (Å²) in [5.74, 6) is 0.998. The quantitative estimate of drug-likeness (QED) is 0.626. The average Bonchev–Trinajstić information content (AvgIpc) is 2.76. The van der Waals surface area contributed by atoms with Crippen molar-refractivity contribution in [1.82, 2.24) is 20.1 Å². The Morgan fingerprint density at radius 3 is 2.32 bits per heavy atom. The number of aromatic nitrogens is 3. The van der Waals surface area contributed by atoms with E-state index in [1.54, 1.807) is 6.20 Å². The number of halogens is 1. The molecule has 0 radical (unpaired) electrons. The van der Waals surface area contributed by atoms with Crippen molar-refractivity contribution in [1.29, 1.82) is 0 Å². The largest absolute Gasteiger partial charge is 0.352 e. The van der Waals surface area contributed by atoms with Gasteiger partial charge in [-0.3, -0.25) is 9.78 Å². The molecule has 1 aliphatic rings. The van der Waals surface area contributed by atoms with E-state index in [-0.39, 0.29) is 5.91 Å². The lowest BCUT2D eigenvalue weighted by atomic mass is 10.1. The maximum atomic E-state index is 12.6. The first-order chi connectivity index (χ1) is 13.7. The van der Waals surface area contributed by atoms with Gasteiger partial charge in [0.05, 0.1) is 12.1 Å². The third kappa shape index (κ3) is 4.36. The summed E-state index contributed by atoms with van der Waals surface area (Å²) < 4.78 is 1.02. The topological polar surface area (TPSA) is 62.2 Å². The zero-order valence-electron chi connectivity index (χ0n) is 15.3. The highest BCUT2D eigenvalue weighted by atomic mass is 79.9. The Balaban J connectivity index is 1.33. The molecule has 3 aromatic rings. The van der Waals surface area contributed by atoms with Crippen LogP contribution in [0, 0.1) is 0 Å². The zero-order valence-corrected chi connectivity index (χ0v) is 16.9. The van der Waals surface area contributed by atoms with Crippen molar-refractivity contribution in [3.63, 3.8) is 0 Å². The number of anilines is 1. The lowest BCUT2D eigenvalue weighted by Gasteiger charge is -2.35. The van der Waals surface area contributed by atoms with E-state index >= 15 is 0 Å². The van der Waals surface area contributed by atoms with Crippen LogP contribution >= 0.6 is 15.9 Å². The molecule has 0 N–H and O–H groups in total. The Labute approximate surface area is 172 Å². The fourth-order valence-electron chi connectivity index (χ4n) is 3.22. The van der Waals surface area contributed by atoms with E-state index in [0.29, 0.717) is 19.5 Å². The summed E-state index contributed by atoms with van der Waals surface area (Å²) in [4.78, 5) is 20.9. The summed E-state index contributed by atoms with van der Waals surface area (Å²) in [6, 6.07) is 17.5. The van der Waals surface area contributed by atoms with Gasteiger partial charge in [0.1, 0.15) is 5.69 Å². The van der Waals surface area contributed by atoms with E-state index < -0.39 is 0 Å². The van der Waals surface area contributed by atoms with Gasteiger partial charge in [0.25, 0.3) is 0 Å². The lowest BCUT2D eigenvalue weighted by Crippen LogP contribution is -2.49. The molecule has 3 heterocycles. The highest BCUT2D eigenvalue weighted by Crippen LogP contribution is 2.18. The molecule has 4 rings (SSSR count). The number of amides is 1. The van der Waals surface area contributed by atoms with Crippen LogP contribution in [-0.2, 0) is 11.2 Å². The first kappa shape index (κ1) is 18.6. The predicted molar refractivity (Wildman–Crippen MR) is 112 cm³/mol. The molecule has 0 aliphatic carbocycles. The van der Waals surface area contributed by atoms with E-state index in [1.807, 2.05) is 59.5 Å². The number of benzene rings is 1. The van der Waals surface area contributed by atoms with E-state index in [2.05, 4.69) is 36.0 Å². The van der Waals surface area contributed by atoms with Crippen LogP contribution in [0.5, 0.6) is 0 Å². The molecule has 142 valence electrons. The molecule has 28 heavy (non-hydrogen) atoms. The normalized spacial score (nSPS) is 14.2. The molecule has 0 unspecified atom stereocenters. The van der Waals surface area contributed by atoms with Crippen LogP contribution in [0.1, 0.15) is 5.56 Å². The van der Waals surface area contributed by atoms with Crippen LogP contribution in [0.25, 0.3) is 11.4 Å². The van der Waals surface area contributed by atoms with Gasteiger partial charge in [0.15, 0.2) is 5.82 Å². The Bertz CT molecular complexity index is 923. The van der Waals surface area contributed by atoms with Crippen LogP contribution in [0.3, 0.4) is 0 Å². The SMILES string of the molecule is O=C(Cc1ccc(Br)cc1)N1CCN(c2ccc(-c3ccccn3)nn2)CC1. The van der Waals surface area contributed by atoms with E-state index in [0.717, 1.165) is 40.3 Å². The van der Waals surface area contributed by atoms with Crippen molar-refractivity contribution in [3.05, 3.63) is 70.8 Å². The fraction of sp³-hybridized carbons (Fsp3) is 0.238. The first-order valence-corrected chi connectivity index (χ1v) is 10.0. The molecule has 6 nitrogen and oxygen atoms in total. The molecule has 2 aromatic heterocycles. The van der Waals surface area contributed by atoms with Gasteiger partial charge in [-0.1, -0.05) is 34.1 Å². The maximum absolute atomic E-state index is 12.6. The number of piperazine rings is 1. The Morgan fingerprint density at radius 1 is 0.893 bits per heavy atom. The number of carbonyl (C=O) groups is 1. The van der Waals surface area contributed by atoms with Gasteiger partial charge < -0.3 is 9.80 Å². The summed E-state index contributed by atoms with van der Waals surface area (Å²) >= 11 is 3.42. The molecule has 1 aliphatic heterocycles. The van der Waals surface area contributed by atoms with Gasteiger partial charge in [-0.15, -0.1) is 10.2 Å². The second-order valence-corrected chi connectivity index (χ2v) is 7.58. The zero-order chi connectivity index (χ0) is 19.3. The van der Waals surface area contributed by atoms with Gasteiger partial charge in [-0.25, -0.2) is 0 Å². The van der Waals surface area contributed by atoms with Crippen molar-refractivity contribution in [2.24, 2.45) is 0 Å². The Kier molecular flexibility index (Phi) is 5.62. The van der Waals surface area contributed by atoms with Gasteiger partial charge in [-0.2, -0.15) is 0 Å². The third-order valence-corrected chi connectivity index (χ3v) is 5.33. The second kappa shape index (κ2) is 8.48. The Hall–Kier alpha value is -2.80. The number of pyridine rings is 1. The van der Waals surface area contributed by atoms with Gasteiger partial charge in [-0.05, 0) is 42.0 Å². The molecule has 0 spiro atoms. The van der Waals surface area contributed by atoms with Gasteiger partial charge >= 0.3 is 0 Å². The molecule has 0 bridgehead atoms. The standard InChI is InChI=1S/C21H20BrN5O/c22-17-6-4-16(5-7-17)15-21(28)27-13-11-26(12-14-27)20-9-8-19(24-25-20)18-3-1-2-10-23-18/h1-10H,11-15H2. The molecule has 1 aromatic carbocycles. The monoisotopic (exact) mass is 437 g/mol. The third-order valence-electron chi connectivity index (χ3n) is 4.80. The molecular formula is C21H20BrN5O. The van der Waals surface area contributed by atoms with Crippen molar-refractivity contribution >= 4 is 27.7 Å². The highest BCUT2D eigenvalue weighted by molar-refractivity contribution is 9.10. The van der Waals surface area contributed by atoms with Gasteiger partial charge in [0, 0.05) is 36.8 Å². The summed E-state index contributed by atoms with van der Waals surface area (Å²) in [5, 5.41) is 8.66. The smallest absolute Gasteiger partial charge is 0.227 e.